The van der Waals surface area contributed by atoms with E-state index in [1.54, 1.807) is 6.92 Å². The molecule has 0 unspecified atom stereocenters. The molecule has 14 heavy (non-hydrogen) atoms. The molecule has 1 aromatic carbocycles. The third-order valence-electron chi connectivity index (χ3n) is 2.43. The summed E-state index contributed by atoms with van der Waals surface area (Å²) < 4.78 is 0. The summed E-state index contributed by atoms with van der Waals surface area (Å²) in [5.41, 5.74) is 7.75. The van der Waals surface area contributed by atoms with Crippen LogP contribution < -0.4 is 5.73 Å². The topological polar surface area (TPSA) is 62.0 Å². The molecule has 2 atom stereocenters. The largest absolute Gasteiger partial charge is 0.391 e. The van der Waals surface area contributed by atoms with E-state index in [1.165, 1.54) is 0 Å². The summed E-state index contributed by atoms with van der Waals surface area (Å²) in [4.78, 5) is 3.19. The molecule has 0 fully saturated rings. The number of benzene rings is 1. The number of H-pyrrole nitrogens is 1. The van der Waals surface area contributed by atoms with E-state index in [0.29, 0.717) is 0 Å². The molecule has 1 heterocycles. The molecule has 3 heteroatoms. The highest BCUT2D eigenvalue weighted by atomic mass is 16.3. The summed E-state index contributed by atoms with van der Waals surface area (Å²) in [6.45, 7) is 1.69. The van der Waals surface area contributed by atoms with Gasteiger partial charge in [-0.1, -0.05) is 18.2 Å². The van der Waals surface area contributed by atoms with E-state index < -0.39 is 6.10 Å². The van der Waals surface area contributed by atoms with Gasteiger partial charge in [0.05, 0.1) is 12.1 Å². The Balaban J connectivity index is 2.45. The van der Waals surface area contributed by atoms with Gasteiger partial charge in [-0.15, -0.1) is 0 Å². The SMILES string of the molecule is C[C@H](O)[C@H](N)c1cc2ccccc2[nH]1. The van der Waals surface area contributed by atoms with Gasteiger partial charge in [-0.25, -0.2) is 0 Å². The average Bonchev–Trinajstić information content (AvgIpc) is 2.59. The molecule has 0 saturated heterocycles. The van der Waals surface area contributed by atoms with Gasteiger partial charge in [0.25, 0.3) is 0 Å². The van der Waals surface area contributed by atoms with Crippen LogP contribution >= 0.6 is 0 Å². The Kier molecular flexibility index (Phi) is 2.27. The Morgan fingerprint density at radius 3 is 2.71 bits per heavy atom. The lowest BCUT2D eigenvalue weighted by atomic mass is 10.1. The Morgan fingerprint density at radius 2 is 2.07 bits per heavy atom. The van der Waals surface area contributed by atoms with Crippen molar-refractivity contribution >= 4 is 10.9 Å². The summed E-state index contributed by atoms with van der Waals surface area (Å²) >= 11 is 0. The number of nitrogens with one attached hydrogen (secondary N) is 1. The van der Waals surface area contributed by atoms with Gasteiger partial charge in [0.2, 0.25) is 0 Å². The van der Waals surface area contributed by atoms with Crippen LogP contribution in [-0.2, 0) is 0 Å². The molecule has 0 spiro atoms. The van der Waals surface area contributed by atoms with Crippen molar-refractivity contribution in [2.75, 3.05) is 0 Å². The quantitative estimate of drug-likeness (QED) is 0.672. The van der Waals surface area contributed by atoms with Crippen LogP contribution in [0.3, 0.4) is 0 Å². The number of hydrogen-bond acceptors (Lipinski definition) is 2. The molecule has 3 nitrogen and oxygen atoms in total. The molecule has 4 N–H and O–H groups in total. The van der Waals surface area contributed by atoms with Crippen molar-refractivity contribution < 1.29 is 5.11 Å². The van der Waals surface area contributed by atoms with E-state index in [1.807, 2.05) is 30.3 Å². The summed E-state index contributed by atoms with van der Waals surface area (Å²) in [6, 6.07) is 9.59. The number of aromatic amines is 1. The first-order chi connectivity index (χ1) is 6.68. The molecule has 1 aromatic heterocycles. The molecule has 0 amide bonds. The van der Waals surface area contributed by atoms with Crippen LogP contribution in [0.4, 0.5) is 0 Å². The molecule has 0 aliphatic heterocycles. The number of nitrogens with two attached hydrogens (primary N) is 1. The number of para-hydroxylation sites is 1. The highest BCUT2D eigenvalue weighted by Gasteiger charge is 2.13. The first-order valence-corrected chi connectivity index (χ1v) is 4.70. The van der Waals surface area contributed by atoms with Gasteiger partial charge >= 0.3 is 0 Å². The summed E-state index contributed by atoms with van der Waals surface area (Å²) in [7, 11) is 0. The van der Waals surface area contributed by atoms with Gasteiger partial charge in [0.1, 0.15) is 0 Å². The van der Waals surface area contributed by atoms with Gasteiger partial charge in [0, 0.05) is 11.2 Å². The first kappa shape index (κ1) is 9.24. The van der Waals surface area contributed by atoms with Crippen LogP contribution in [0.15, 0.2) is 30.3 Å². The predicted octanol–water partition coefficient (Wildman–Crippen LogP) is 1.55. The Labute approximate surface area is 82.6 Å². The van der Waals surface area contributed by atoms with Crippen LogP contribution in [0.1, 0.15) is 18.7 Å². The van der Waals surface area contributed by atoms with Crippen molar-refractivity contribution in [1.29, 1.82) is 0 Å². The van der Waals surface area contributed by atoms with Crippen molar-refractivity contribution in [3.8, 4) is 0 Å². The molecule has 0 bridgehead atoms. The zero-order chi connectivity index (χ0) is 10.1. The lowest BCUT2D eigenvalue weighted by molar-refractivity contribution is 0.163. The Bertz CT molecular complexity index is 401. The lowest BCUT2D eigenvalue weighted by Crippen LogP contribution is -2.23. The number of fused-ring (bicyclic) bond motifs is 1. The molecular formula is C11H14N2O. The maximum absolute atomic E-state index is 9.35. The number of rotatable bonds is 2. The zero-order valence-corrected chi connectivity index (χ0v) is 8.07. The minimum absolute atomic E-state index is 0.345. The lowest BCUT2D eigenvalue weighted by Gasteiger charge is -2.12. The van der Waals surface area contributed by atoms with Gasteiger partial charge in [-0.3, -0.25) is 0 Å². The fraction of sp³-hybridized carbons (Fsp3) is 0.273. The van der Waals surface area contributed by atoms with E-state index >= 15 is 0 Å². The molecule has 0 saturated carbocycles. The normalized spacial score (nSPS) is 15.6. The molecule has 0 aliphatic carbocycles. The second-order valence-electron chi connectivity index (χ2n) is 3.58. The zero-order valence-electron chi connectivity index (χ0n) is 8.07. The fourth-order valence-corrected chi connectivity index (χ4v) is 1.54. The van der Waals surface area contributed by atoms with Crippen LogP contribution in [0.2, 0.25) is 0 Å². The highest BCUT2D eigenvalue weighted by Crippen LogP contribution is 2.20. The van der Waals surface area contributed by atoms with Crippen molar-refractivity contribution in [3.63, 3.8) is 0 Å². The molecular weight excluding hydrogens is 176 g/mol. The van der Waals surface area contributed by atoms with Crippen molar-refractivity contribution in [2.24, 2.45) is 5.73 Å². The van der Waals surface area contributed by atoms with Gasteiger partial charge < -0.3 is 15.8 Å². The molecule has 0 aliphatic rings. The standard InChI is InChI=1S/C11H14N2O/c1-7(14)11(12)10-6-8-4-2-3-5-9(8)13-10/h2-7,11,13-14H,12H2,1H3/t7-,11-/m0/s1. The third-order valence-corrected chi connectivity index (χ3v) is 2.43. The molecule has 2 rings (SSSR count). The third kappa shape index (κ3) is 1.52. The minimum Gasteiger partial charge on any atom is -0.391 e. The van der Waals surface area contributed by atoms with Crippen LogP contribution in [0, 0.1) is 0 Å². The highest BCUT2D eigenvalue weighted by molar-refractivity contribution is 5.80. The van der Waals surface area contributed by atoms with E-state index in [-0.39, 0.29) is 6.04 Å². The number of aliphatic hydroxyl groups excluding tert-OH is 1. The van der Waals surface area contributed by atoms with Crippen molar-refractivity contribution in [1.82, 2.24) is 4.98 Å². The number of hydrogen-bond donors (Lipinski definition) is 3. The van der Waals surface area contributed by atoms with Gasteiger partial charge in [-0.05, 0) is 24.4 Å². The van der Waals surface area contributed by atoms with Crippen molar-refractivity contribution in [3.05, 3.63) is 36.0 Å². The van der Waals surface area contributed by atoms with Crippen LogP contribution in [0.5, 0.6) is 0 Å². The first-order valence-electron chi connectivity index (χ1n) is 4.70. The maximum Gasteiger partial charge on any atom is 0.0719 e. The second kappa shape index (κ2) is 3.44. The van der Waals surface area contributed by atoms with E-state index in [0.717, 1.165) is 16.6 Å². The number of aromatic nitrogens is 1. The summed E-state index contributed by atoms with van der Waals surface area (Å²) in [6.07, 6.45) is -0.539. The average molecular weight is 190 g/mol. The summed E-state index contributed by atoms with van der Waals surface area (Å²) in [5, 5.41) is 10.5. The maximum atomic E-state index is 9.35. The van der Waals surface area contributed by atoms with Gasteiger partial charge in [-0.2, -0.15) is 0 Å². The molecule has 0 radical (unpaired) electrons. The van der Waals surface area contributed by atoms with E-state index in [2.05, 4.69) is 4.98 Å². The van der Waals surface area contributed by atoms with Gasteiger partial charge in [0.15, 0.2) is 0 Å². The van der Waals surface area contributed by atoms with Crippen molar-refractivity contribution in [2.45, 2.75) is 19.1 Å². The summed E-state index contributed by atoms with van der Waals surface area (Å²) in [5.74, 6) is 0. The van der Waals surface area contributed by atoms with Crippen LogP contribution in [-0.4, -0.2) is 16.2 Å². The second-order valence-corrected chi connectivity index (χ2v) is 3.58. The Morgan fingerprint density at radius 1 is 1.36 bits per heavy atom. The van der Waals surface area contributed by atoms with E-state index in [4.69, 9.17) is 5.73 Å². The number of aliphatic hydroxyl groups is 1. The minimum atomic E-state index is -0.539. The molecule has 2 aromatic rings. The predicted molar refractivity (Wildman–Crippen MR) is 56.9 cm³/mol. The monoisotopic (exact) mass is 190 g/mol. The molecule has 74 valence electrons. The van der Waals surface area contributed by atoms with Crippen LogP contribution in [0.25, 0.3) is 10.9 Å². The Hall–Kier alpha value is -1.32. The van der Waals surface area contributed by atoms with E-state index in [9.17, 15) is 5.11 Å². The fourth-order valence-electron chi connectivity index (χ4n) is 1.54. The smallest absolute Gasteiger partial charge is 0.0719 e.